The van der Waals surface area contributed by atoms with Crippen LogP contribution in [-0.4, -0.2) is 22.8 Å². The highest BCUT2D eigenvalue weighted by molar-refractivity contribution is 5.96. The van der Waals surface area contributed by atoms with Crippen molar-refractivity contribution in [2.45, 2.75) is 38.8 Å². The van der Waals surface area contributed by atoms with E-state index in [9.17, 15) is 9.59 Å². The Labute approximate surface area is 135 Å². The zero-order chi connectivity index (χ0) is 16.4. The molecule has 5 nitrogen and oxygen atoms in total. The molecule has 120 valence electrons. The predicted molar refractivity (Wildman–Crippen MR) is 88.1 cm³/mol. The number of rotatable bonds is 3. The highest BCUT2D eigenvalue weighted by atomic mass is 16.2. The minimum Gasteiger partial charge on any atom is -0.362 e. The van der Waals surface area contributed by atoms with Crippen molar-refractivity contribution in [3.05, 3.63) is 58.9 Å². The van der Waals surface area contributed by atoms with Crippen molar-refractivity contribution in [2.75, 3.05) is 0 Å². The SMILES string of the molecule is Cc1cc(C(=O)N[C@@H]2CCC(=O)N[C@H]2c2ccccc2)c(C)[nH]1. The van der Waals surface area contributed by atoms with E-state index >= 15 is 0 Å². The molecule has 2 aromatic rings. The van der Waals surface area contributed by atoms with Gasteiger partial charge in [-0.1, -0.05) is 30.3 Å². The molecule has 0 radical (unpaired) electrons. The first kappa shape index (κ1) is 15.3. The van der Waals surface area contributed by atoms with Gasteiger partial charge < -0.3 is 15.6 Å². The molecular weight excluding hydrogens is 290 g/mol. The Bertz CT molecular complexity index is 721. The van der Waals surface area contributed by atoms with E-state index in [1.54, 1.807) is 0 Å². The van der Waals surface area contributed by atoms with Gasteiger partial charge in [0, 0.05) is 17.8 Å². The lowest BCUT2D eigenvalue weighted by Crippen LogP contribution is -2.50. The summed E-state index contributed by atoms with van der Waals surface area (Å²) in [5.41, 5.74) is 3.49. The summed E-state index contributed by atoms with van der Waals surface area (Å²) in [5.74, 6) is -0.0769. The van der Waals surface area contributed by atoms with Crippen LogP contribution in [-0.2, 0) is 4.79 Å². The Kier molecular flexibility index (Phi) is 4.19. The van der Waals surface area contributed by atoms with Gasteiger partial charge in [-0.15, -0.1) is 0 Å². The molecule has 1 aromatic carbocycles. The van der Waals surface area contributed by atoms with Crippen LogP contribution in [0.1, 0.15) is 46.2 Å². The third kappa shape index (κ3) is 3.28. The highest BCUT2D eigenvalue weighted by Crippen LogP contribution is 2.24. The molecule has 0 spiro atoms. The molecule has 23 heavy (non-hydrogen) atoms. The lowest BCUT2D eigenvalue weighted by Gasteiger charge is -2.33. The smallest absolute Gasteiger partial charge is 0.253 e. The van der Waals surface area contributed by atoms with Crippen molar-refractivity contribution in [3.63, 3.8) is 0 Å². The summed E-state index contributed by atoms with van der Waals surface area (Å²) in [5, 5.41) is 6.08. The molecular formula is C18H21N3O2. The number of aromatic nitrogens is 1. The van der Waals surface area contributed by atoms with Gasteiger partial charge in [0.15, 0.2) is 0 Å². The van der Waals surface area contributed by atoms with E-state index in [1.165, 1.54) is 0 Å². The van der Waals surface area contributed by atoms with Crippen LogP contribution < -0.4 is 10.6 Å². The van der Waals surface area contributed by atoms with Gasteiger partial charge in [0.05, 0.1) is 17.6 Å². The Morgan fingerprint density at radius 1 is 1.22 bits per heavy atom. The quantitative estimate of drug-likeness (QED) is 0.814. The molecule has 2 heterocycles. The van der Waals surface area contributed by atoms with Crippen LogP contribution in [0.2, 0.25) is 0 Å². The first-order chi connectivity index (χ1) is 11.0. The van der Waals surface area contributed by atoms with Gasteiger partial charge in [-0.25, -0.2) is 0 Å². The molecule has 3 rings (SSSR count). The van der Waals surface area contributed by atoms with E-state index in [1.807, 2.05) is 50.2 Å². The normalized spacial score (nSPS) is 20.9. The Balaban J connectivity index is 1.80. The highest BCUT2D eigenvalue weighted by Gasteiger charge is 2.31. The van der Waals surface area contributed by atoms with E-state index < -0.39 is 0 Å². The minimum absolute atomic E-state index is 0.0259. The monoisotopic (exact) mass is 311 g/mol. The van der Waals surface area contributed by atoms with Gasteiger partial charge in [-0.05, 0) is 31.9 Å². The van der Waals surface area contributed by atoms with Crippen molar-refractivity contribution >= 4 is 11.8 Å². The number of aromatic amines is 1. The lowest BCUT2D eigenvalue weighted by molar-refractivity contribution is -0.123. The molecule has 1 aliphatic heterocycles. The van der Waals surface area contributed by atoms with Gasteiger partial charge in [-0.2, -0.15) is 0 Å². The molecule has 5 heteroatoms. The van der Waals surface area contributed by atoms with Gasteiger partial charge in [0.25, 0.3) is 5.91 Å². The maximum Gasteiger partial charge on any atom is 0.253 e. The number of aryl methyl sites for hydroxylation is 2. The largest absolute Gasteiger partial charge is 0.362 e. The van der Waals surface area contributed by atoms with E-state index in [0.717, 1.165) is 17.0 Å². The maximum absolute atomic E-state index is 12.6. The van der Waals surface area contributed by atoms with Crippen LogP contribution in [0.5, 0.6) is 0 Å². The van der Waals surface area contributed by atoms with Crippen LogP contribution in [0.3, 0.4) is 0 Å². The molecule has 1 saturated heterocycles. The molecule has 0 unspecified atom stereocenters. The van der Waals surface area contributed by atoms with Crippen molar-refractivity contribution in [2.24, 2.45) is 0 Å². The first-order valence-corrected chi connectivity index (χ1v) is 7.86. The molecule has 0 saturated carbocycles. The van der Waals surface area contributed by atoms with E-state index in [0.29, 0.717) is 18.4 Å². The molecule has 1 aromatic heterocycles. The van der Waals surface area contributed by atoms with Crippen LogP contribution in [0.4, 0.5) is 0 Å². The number of benzene rings is 1. The number of hydrogen-bond donors (Lipinski definition) is 3. The van der Waals surface area contributed by atoms with Crippen molar-refractivity contribution in [1.29, 1.82) is 0 Å². The zero-order valence-corrected chi connectivity index (χ0v) is 13.3. The van der Waals surface area contributed by atoms with E-state index in [2.05, 4.69) is 15.6 Å². The second-order valence-corrected chi connectivity index (χ2v) is 6.07. The summed E-state index contributed by atoms with van der Waals surface area (Å²) < 4.78 is 0. The molecule has 3 N–H and O–H groups in total. The summed E-state index contributed by atoms with van der Waals surface area (Å²) in [6.45, 7) is 3.82. The first-order valence-electron chi connectivity index (χ1n) is 7.86. The Hall–Kier alpha value is -2.56. The molecule has 0 aliphatic carbocycles. The number of H-pyrrole nitrogens is 1. The topological polar surface area (TPSA) is 74.0 Å². The minimum atomic E-state index is -0.193. The number of amides is 2. The van der Waals surface area contributed by atoms with Crippen molar-refractivity contribution in [1.82, 2.24) is 15.6 Å². The molecule has 1 fully saturated rings. The Morgan fingerprint density at radius 2 is 1.96 bits per heavy atom. The summed E-state index contributed by atoms with van der Waals surface area (Å²) in [4.78, 5) is 27.5. The average molecular weight is 311 g/mol. The fourth-order valence-corrected chi connectivity index (χ4v) is 3.14. The summed E-state index contributed by atoms with van der Waals surface area (Å²) in [6, 6.07) is 11.3. The molecule has 2 amide bonds. The number of nitrogens with one attached hydrogen (secondary N) is 3. The van der Waals surface area contributed by atoms with Crippen LogP contribution in [0.15, 0.2) is 36.4 Å². The zero-order valence-electron chi connectivity index (χ0n) is 13.3. The third-order valence-electron chi connectivity index (χ3n) is 4.27. The van der Waals surface area contributed by atoms with Gasteiger partial charge in [0.1, 0.15) is 0 Å². The second kappa shape index (κ2) is 6.28. The van der Waals surface area contributed by atoms with Gasteiger partial charge in [-0.3, -0.25) is 9.59 Å². The van der Waals surface area contributed by atoms with E-state index in [-0.39, 0.29) is 23.9 Å². The number of carbonyl (C=O) groups excluding carboxylic acids is 2. The van der Waals surface area contributed by atoms with E-state index in [4.69, 9.17) is 0 Å². The van der Waals surface area contributed by atoms with Crippen molar-refractivity contribution < 1.29 is 9.59 Å². The average Bonchev–Trinajstić information content (AvgIpc) is 2.88. The standard InChI is InChI=1S/C18H21N3O2/c1-11-10-14(12(2)19-11)18(23)20-15-8-9-16(22)21-17(15)13-6-4-3-5-7-13/h3-7,10,15,17,19H,8-9H2,1-2H3,(H,20,23)(H,21,22)/t15-,17+/m1/s1. The predicted octanol–water partition coefficient (Wildman–Crippen LogP) is 2.38. The lowest BCUT2D eigenvalue weighted by atomic mass is 9.91. The molecule has 0 bridgehead atoms. The van der Waals surface area contributed by atoms with Gasteiger partial charge in [0.2, 0.25) is 5.91 Å². The second-order valence-electron chi connectivity index (χ2n) is 6.07. The fraction of sp³-hybridized carbons (Fsp3) is 0.333. The number of carbonyl (C=O) groups is 2. The van der Waals surface area contributed by atoms with Crippen molar-refractivity contribution in [3.8, 4) is 0 Å². The Morgan fingerprint density at radius 3 is 2.61 bits per heavy atom. The van der Waals surface area contributed by atoms with Crippen LogP contribution in [0.25, 0.3) is 0 Å². The van der Waals surface area contributed by atoms with Crippen LogP contribution in [0, 0.1) is 13.8 Å². The maximum atomic E-state index is 12.6. The van der Waals surface area contributed by atoms with Gasteiger partial charge >= 0.3 is 0 Å². The number of hydrogen-bond acceptors (Lipinski definition) is 2. The summed E-state index contributed by atoms with van der Waals surface area (Å²) in [6.07, 6.45) is 1.07. The number of piperidine rings is 1. The molecule has 1 aliphatic rings. The van der Waals surface area contributed by atoms with Crippen LogP contribution >= 0.6 is 0 Å². The summed E-state index contributed by atoms with van der Waals surface area (Å²) in [7, 11) is 0. The third-order valence-corrected chi connectivity index (χ3v) is 4.27. The fourth-order valence-electron chi connectivity index (χ4n) is 3.14. The summed E-state index contributed by atoms with van der Waals surface area (Å²) >= 11 is 0. The molecule has 2 atom stereocenters.